The van der Waals surface area contributed by atoms with E-state index in [4.69, 9.17) is 5.11 Å². The number of hydrogen-bond acceptors (Lipinski definition) is 7. The quantitative estimate of drug-likeness (QED) is 0.486. The minimum Gasteiger partial charge on any atom is -0.550 e. The minimum absolute atomic E-state index is 0. The van der Waals surface area contributed by atoms with Gasteiger partial charge in [-0.15, -0.1) is 0 Å². The maximum Gasteiger partial charge on any atom is 3.00 e. The van der Waals surface area contributed by atoms with Crippen LogP contribution in [0.3, 0.4) is 0 Å². The van der Waals surface area contributed by atoms with Gasteiger partial charge >= 0.3 is 17.6 Å². The Kier molecular flexibility index (Phi) is 6.16. The number of aliphatic hydroxyl groups is 1. The molecule has 7 nitrogen and oxygen atoms in total. The van der Waals surface area contributed by atoms with Crippen molar-refractivity contribution in [2.24, 2.45) is 0 Å². The maximum absolute atomic E-state index is 10.1. The summed E-state index contributed by atoms with van der Waals surface area (Å²) in [5.74, 6) is -5.98. The second-order valence-corrected chi connectivity index (χ2v) is 2.42. The van der Waals surface area contributed by atoms with Crippen molar-refractivity contribution >= 4 is 35.5 Å². The Bertz CT molecular complexity index is 233. The summed E-state index contributed by atoms with van der Waals surface area (Å²) in [4.78, 5) is 30.0. The van der Waals surface area contributed by atoms with Crippen LogP contribution in [0.25, 0.3) is 0 Å². The molecule has 0 saturated heterocycles. The molecule has 0 aromatic carbocycles. The van der Waals surface area contributed by atoms with Gasteiger partial charge in [0.05, 0.1) is 5.97 Å². The van der Waals surface area contributed by atoms with E-state index in [1.54, 1.807) is 0 Å². The van der Waals surface area contributed by atoms with E-state index in [9.17, 15) is 29.7 Å². The fraction of sp³-hybridized carbons (Fsp3) is 0.500. The summed E-state index contributed by atoms with van der Waals surface area (Å²) in [5.41, 5.74) is -2.97. The van der Waals surface area contributed by atoms with Crippen LogP contribution in [0.1, 0.15) is 12.8 Å². The van der Waals surface area contributed by atoms with Crippen LogP contribution in [0, 0.1) is 0 Å². The van der Waals surface area contributed by atoms with Crippen LogP contribution in [-0.2, 0) is 14.4 Å². The normalized spacial score (nSPS) is 10.1. The van der Waals surface area contributed by atoms with Gasteiger partial charge in [0.2, 0.25) is 0 Å². The zero-order valence-electron chi connectivity index (χ0n) is 6.81. The van der Waals surface area contributed by atoms with Crippen molar-refractivity contribution in [3.8, 4) is 0 Å². The van der Waals surface area contributed by atoms with Crippen molar-refractivity contribution in [3.05, 3.63) is 0 Å². The third-order valence-corrected chi connectivity index (χ3v) is 1.25. The molecule has 0 atom stereocenters. The van der Waals surface area contributed by atoms with E-state index in [1.165, 1.54) is 0 Å². The number of rotatable bonds is 5. The summed E-state index contributed by atoms with van der Waals surface area (Å²) in [5, 5.41) is 38.9. The summed E-state index contributed by atoms with van der Waals surface area (Å²) in [6.45, 7) is 0. The fourth-order valence-electron chi connectivity index (χ4n) is 0.684. The molecule has 0 aliphatic rings. The van der Waals surface area contributed by atoms with Crippen LogP contribution >= 0.6 is 0 Å². The minimum atomic E-state index is -2.97. The average Bonchev–Trinajstić information content (AvgIpc) is 1.82. The SMILES string of the molecule is O=C([O-])CC(O)(CC(=O)[O-])C(=O)[O-].[Ge+3]. The number of carboxylic acids is 3. The molecular formula is C6H5GeO7. The van der Waals surface area contributed by atoms with Crippen LogP contribution in [0.4, 0.5) is 0 Å². The Morgan fingerprint density at radius 2 is 1.29 bits per heavy atom. The van der Waals surface area contributed by atoms with Gasteiger partial charge in [0.15, 0.2) is 0 Å². The maximum atomic E-state index is 10.1. The average molecular weight is 262 g/mol. The van der Waals surface area contributed by atoms with Crippen LogP contribution in [0.2, 0.25) is 0 Å². The van der Waals surface area contributed by atoms with Gasteiger partial charge in [-0.25, -0.2) is 0 Å². The first-order valence-electron chi connectivity index (χ1n) is 3.11. The predicted octanol–water partition coefficient (Wildman–Crippen LogP) is -5.63. The van der Waals surface area contributed by atoms with Gasteiger partial charge in [-0.2, -0.15) is 0 Å². The number of aliphatic carboxylic acids is 3. The van der Waals surface area contributed by atoms with Crippen molar-refractivity contribution in [2.45, 2.75) is 18.4 Å². The molecule has 1 N–H and O–H groups in total. The molecule has 0 rings (SSSR count). The van der Waals surface area contributed by atoms with Gasteiger partial charge < -0.3 is 34.8 Å². The van der Waals surface area contributed by atoms with Gasteiger partial charge in [-0.1, -0.05) is 0 Å². The molecule has 0 aliphatic carbocycles. The first kappa shape index (κ1) is 15.4. The number of carbonyl (C=O) groups excluding carboxylic acids is 3. The largest absolute Gasteiger partial charge is 3.00 e. The fourth-order valence-corrected chi connectivity index (χ4v) is 0.684. The third-order valence-electron chi connectivity index (χ3n) is 1.25. The van der Waals surface area contributed by atoms with Gasteiger partial charge in [-0.05, 0) is 0 Å². The van der Waals surface area contributed by atoms with E-state index in [1.807, 2.05) is 0 Å². The molecule has 1 radical (unpaired) electrons. The molecule has 0 aliphatic heterocycles. The van der Waals surface area contributed by atoms with Crippen LogP contribution in [0.5, 0.6) is 0 Å². The molecule has 8 heteroatoms. The molecule has 75 valence electrons. The van der Waals surface area contributed by atoms with Crippen molar-refractivity contribution < 1.29 is 34.8 Å². The second-order valence-electron chi connectivity index (χ2n) is 2.42. The molecule has 0 spiro atoms. The van der Waals surface area contributed by atoms with Gasteiger partial charge in [-0.3, -0.25) is 0 Å². The van der Waals surface area contributed by atoms with Crippen molar-refractivity contribution in [2.75, 3.05) is 0 Å². The van der Waals surface area contributed by atoms with Gasteiger partial charge in [0.1, 0.15) is 5.60 Å². The van der Waals surface area contributed by atoms with Gasteiger partial charge in [0.25, 0.3) is 0 Å². The summed E-state index contributed by atoms with van der Waals surface area (Å²) < 4.78 is 0. The number of carbonyl (C=O) groups is 3. The summed E-state index contributed by atoms with van der Waals surface area (Å²) in [6.07, 6.45) is -2.72. The monoisotopic (exact) mass is 263 g/mol. The van der Waals surface area contributed by atoms with E-state index >= 15 is 0 Å². The summed E-state index contributed by atoms with van der Waals surface area (Å²) >= 11 is 0. The first-order valence-corrected chi connectivity index (χ1v) is 3.11. The number of carboxylic acid groups (broad SMARTS) is 3. The van der Waals surface area contributed by atoms with E-state index in [-0.39, 0.29) is 17.6 Å². The number of hydrogen-bond donors (Lipinski definition) is 1. The molecule has 14 heavy (non-hydrogen) atoms. The summed E-state index contributed by atoms with van der Waals surface area (Å²) in [7, 11) is 0. The molecule has 0 fully saturated rings. The molecule has 0 bridgehead atoms. The Balaban J connectivity index is 0. The predicted molar refractivity (Wildman–Crippen MR) is 35.0 cm³/mol. The standard InChI is InChI=1S/C6H8O7.Ge/c7-3(8)1-6(13,5(11)12)2-4(9)10;/h13H,1-2H2,(H,7,8)(H,9,10)(H,11,12);/q;+3/p-3. The zero-order chi connectivity index (χ0) is 10.6. The van der Waals surface area contributed by atoms with E-state index < -0.39 is 36.4 Å². The Labute approximate surface area is 89.3 Å². The van der Waals surface area contributed by atoms with Crippen molar-refractivity contribution in [3.63, 3.8) is 0 Å². The Morgan fingerprint density at radius 1 is 1.00 bits per heavy atom. The molecule has 0 amide bonds. The van der Waals surface area contributed by atoms with E-state index in [0.29, 0.717) is 0 Å². The van der Waals surface area contributed by atoms with Crippen LogP contribution in [-0.4, -0.2) is 46.2 Å². The topological polar surface area (TPSA) is 141 Å². The van der Waals surface area contributed by atoms with Gasteiger partial charge in [0, 0.05) is 24.8 Å². The molecule has 0 unspecified atom stereocenters. The van der Waals surface area contributed by atoms with Crippen molar-refractivity contribution in [1.82, 2.24) is 0 Å². The molecule has 0 saturated carbocycles. The van der Waals surface area contributed by atoms with Crippen LogP contribution < -0.4 is 15.3 Å². The summed E-state index contributed by atoms with van der Waals surface area (Å²) in [6, 6.07) is 0. The Morgan fingerprint density at radius 3 is 1.43 bits per heavy atom. The molecule has 0 aromatic heterocycles. The third kappa shape index (κ3) is 4.82. The molecule has 0 aromatic rings. The van der Waals surface area contributed by atoms with Crippen LogP contribution in [0.15, 0.2) is 0 Å². The van der Waals surface area contributed by atoms with E-state index in [2.05, 4.69) is 0 Å². The second kappa shape index (κ2) is 5.60. The van der Waals surface area contributed by atoms with Crippen molar-refractivity contribution in [1.29, 1.82) is 0 Å². The first-order chi connectivity index (χ1) is 5.78. The Hall–Kier alpha value is -1.09. The smallest absolute Gasteiger partial charge is 0.550 e. The molecule has 0 heterocycles. The zero-order valence-corrected chi connectivity index (χ0v) is 8.91. The molecular weight excluding hydrogens is 257 g/mol. The van der Waals surface area contributed by atoms with E-state index in [0.717, 1.165) is 0 Å².